The molecule has 2 aromatic heterocycles. The number of rotatable bonds is 7. The van der Waals surface area contributed by atoms with Crippen molar-refractivity contribution < 1.29 is 28.3 Å². The number of hydrogen-bond donors (Lipinski definition) is 0. The van der Waals surface area contributed by atoms with Crippen molar-refractivity contribution in [2.24, 2.45) is 0 Å². The normalized spacial score (nSPS) is 11.1. The fourth-order valence-electron chi connectivity index (χ4n) is 4.24. The molecule has 0 aliphatic carbocycles. The van der Waals surface area contributed by atoms with Gasteiger partial charge in [0.05, 0.1) is 25.3 Å². The number of nitrogens with zero attached hydrogens (tertiary/aromatic N) is 2. The van der Waals surface area contributed by atoms with Gasteiger partial charge in [0.15, 0.2) is 0 Å². The zero-order valence-electron chi connectivity index (χ0n) is 21.6. The number of ether oxygens (including phenoxy) is 2. The van der Waals surface area contributed by atoms with Crippen molar-refractivity contribution in [3.05, 3.63) is 105 Å². The fourth-order valence-corrected chi connectivity index (χ4v) is 4.50. The Morgan fingerprint density at radius 2 is 1.54 bits per heavy atom. The minimum absolute atomic E-state index is 0.106. The van der Waals surface area contributed by atoms with Crippen molar-refractivity contribution in [2.75, 3.05) is 14.2 Å². The lowest BCUT2D eigenvalue weighted by Gasteiger charge is -2.13. The molecule has 2 aromatic carbocycles. The number of ketones is 1. The van der Waals surface area contributed by atoms with Gasteiger partial charge in [-0.1, -0.05) is 28.1 Å². The molecule has 8 nitrogen and oxygen atoms in total. The highest BCUT2D eigenvalue weighted by atomic mass is 79.9. The van der Waals surface area contributed by atoms with Crippen molar-refractivity contribution in [1.82, 2.24) is 4.57 Å². The summed E-state index contributed by atoms with van der Waals surface area (Å²) in [5.41, 5.74) is 2.97. The molecular weight excluding hydrogens is 564 g/mol. The number of halogens is 1. The Hall–Kier alpha value is -4.68. The topological polar surface area (TPSA) is 112 Å². The van der Waals surface area contributed by atoms with E-state index >= 15 is 0 Å². The number of furan rings is 1. The van der Waals surface area contributed by atoms with Crippen LogP contribution in [0.25, 0.3) is 23.1 Å². The predicted molar refractivity (Wildman–Crippen MR) is 148 cm³/mol. The Balaban J connectivity index is 1.72. The van der Waals surface area contributed by atoms with Gasteiger partial charge >= 0.3 is 11.9 Å². The highest BCUT2D eigenvalue weighted by Crippen LogP contribution is 2.28. The summed E-state index contributed by atoms with van der Waals surface area (Å²) >= 11 is 3.40. The van der Waals surface area contributed by atoms with Crippen molar-refractivity contribution in [3.63, 3.8) is 0 Å². The van der Waals surface area contributed by atoms with E-state index in [9.17, 15) is 19.6 Å². The lowest BCUT2D eigenvalue weighted by atomic mass is 10.0. The first-order valence-electron chi connectivity index (χ1n) is 11.7. The van der Waals surface area contributed by atoms with Crippen LogP contribution in [0.4, 0.5) is 0 Å². The van der Waals surface area contributed by atoms with Gasteiger partial charge in [-0.05, 0) is 62.4 Å². The average molecular weight is 587 g/mol. The van der Waals surface area contributed by atoms with Gasteiger partial charge in [0.1, 0.15) is 23.2 Å². The monoisotopic (exact) mass is 586 g/mol. The number of aryl methyl sites for hydroxylation is 1. The lowest BCUT2D eigenvalue weighted by molar-refractivity contribution is 0.0599. The van der Waals surface area contributed by atoms with Gasteiger partial charge in [-0.15, -0.1) is 0 Å². The van der Waals surface area contributed by atoms with Crippen LogP contribution in [0.2, 0.25) is 0 Å². The van der Waals surface area contributed by atoms with Gasteiger partial charge in [0.2, 0.25) is 5.78 Å². The minimum Gasteiger partial charge on any atom is -0.465 e. The maximum absolute atomic E-state index is 13.5. The zero-order valence-corrected chi connectivity index (χ0v) is 23.2. The van der Waals surface area contributed by atoms with E-state index in [4.69, 9.17) is 13.9 Å². The Morgan fingerprint density at radius 3 is 2.10 bits per heavy atom. The van der Waals surface area contributed by atoms with E-state index in [0.717, 1.165) is 10.0 Å². The van der Waals surface area contributed by atoms with Crippen LogP contribution in [0.3, 0.4) is 0 Å². The van der Waals surface area contributed by atoms with Crippen LogP contribution in [0, 0.1) is 25.2 Å². The van der Waals surface area contributed by atoms with Crippen LogP contribution in [-0.2, 0) is 9.47 Å². The molecule has 0 saturated heterocycles. The molecule has 0 aliphatic rings. The molecule has 0 radical (unpaired) electrons. The number of allylic oxidation sites excluding steroid dienone is 1. The van der Waals surface area contributed by atoms with Crippen LogP contribution in [0.5, 0.6) is 0 Å². The highest BCUT2D eigenvalue weighted by Gasteiger charge is 2.22. The third kappa shape index (κ3) is 5.61. The third-order valence-electron chi connectivity index (χ3n) is 6.10. The van der Waals surface area contributed by atoms with E-state index in [1.165, 1.54) is 26.4 Å². The second-order valence-corrected chi connectivity index (χ2v) is 9.50. The van der Waals surface area contributed by atoms with Crippen LogP contribution < -0.4 is 0 Å². The first-order chi connectivity index (χ1) is 18.7. The number of Topliss-reactive ketones (excluding diaryl/α,β-unsaturated/α-hetero) is 1. The Kier molecular flexibility index (Phi) is 7.98. The van der Waals surface area contributed by atoms with E-state index < -0.39 is 17.7 Å². The van der Waals surface area contributed by atoms with E-state index in [1.807, 2.05) is 30.3 Å². The second-order valence-electron chi connectivity index (χ2n) is 8.58. The predicted octanol–water partition coefficient (Wildman–Crippen LogP) is 6.48. The number of esters is 2. The smallest absolute Gasteiger partial charge is 0.337 e. The maximum Gasteiger partial charge on any atom is 0.337 e. The summed E-state index contributed by atoms with van der Waals surface area (Å²) in [7, 11) is 2.48. The van der Waals surface area contributed by atoms with Gasteiger partial charge in [0.25, 0.3) is 0 Å². The van der Waals surface area contributed by atoms with E-state index in [-0.39, 0.29) is 16.7 Å². The SMILES string of the molecule is COC(=O)c1cc(C(=O)OC)cc(-n2c(C)cc(C(=O)C(C#N)=Cc3ccc(-c4ccc(Br)cc4)o3)c2C)c1. The summed E-state index contributed by atoms with van der Waals surface area (Å²) in [5.74, 6) is -0.785. The summed E-state index contributed by atoms with van der Waals surface area (Å²) in [6.45, 7) is 3.50. The van der Waals surface area contributed by atoms with Gasteiger partial charge in [-0.25, -0.2) is 9.59 Å². The molecule has 0 fully saturated rings. The van der Waals surface area contributed by atoms with Crippen LogP contribution in [-0.4, -0.2) is 36.5 Å². The molecule has 196 valence electrons. The van der Waals surface area contributed by atoms with Crippen LogP contribution in [0.1, 0.15) is 48.2 Å². The number of carbonyl (C=O) groups excluding carboxylic acids is 3. The molecule has 0 saturated carbocycles. The first-order valence-corrected chi connectivity index (χ1v) is 12.5. The fraction of sp³-hybridized carbons (Fsp3) is 0.133. The summed E-state index contributed by atoms with van der Waals surface area (Å²) in [6, 6.07) is 19.2. The van der Waals surface area contributed by atoms with Gasteiger partial charge in [-0.2, -0.15) is 5.26 Å². The Labute approximate surface area is 233 Å². The van der Waals surface area contributed by atoms with E-state index in [0.29, 0.717) is 34.2 Å². The molecule has 39 heavy (non-hydrogen) atoms. The van der Waals surface area contributed by atoms with Gasteiger partial charge in [0, 0.05) is 38.8 Å². The molecule has 4 aromatic rings. The lowest BCUT2D eigenvalue weighted by Crippen LogP contribution is -2.10. The Morgan fingerprint density at radius 1 is 0.923 bits per heavy atom. The number of carbonyl (C=O) groups is 3. The summed E-state index contributed by atoms with van der Waals surface area (Å²) in [5, 5.41) is 9.81. The van der Waals surface area contributed by atoms with E-state index in [1.54, 1.807) is 48.7 Å². The largest absolute Gasteiger partial charge is 0.465 e. The van der Waals surface area contributed by atoms with Gasteiger partial charge in [-0.3, -0.25) is 4.79 Å². The standard InChI is InChI=1S/C30H23BrN2O6/c1-17-11-26(18(2)33(17)24-13-20(29(35)37-3)12-21(14-24)30(36)38-4)28(34)22(16-32)15-25-9-10-27(39-25)19-5-7-23(31)8-6-19/h5-15H,1-4H3. The summed E-state index contributed by atoms with van der Waals surface area (Å²) < 4.78 is 18.2. The van der Waals surface area contributed by atoms with Crippen molar-refractivity contribution in [3.8, 4) is 23.1 Å². The molecule has 0 unspecified atom stereocenters. The summed E-state index contributed by atoms with van der Waals surface area (Å²) in [6.07, 6.45) is 1.41. The number of methoxy groups -OCH3 is 2. The molecule has 0 aliphatic heterocycles. The van der Waals surface area contributed by atoms with Crippen molar-refractivity contribution in [2.45, 2.75) is 13.8 Å². The van der Waals surface area contributed by atoms with Crippen LogP contribution in [0.15, 0.2) is 75.1 Å². The van der Waals surface area contributed by atoms with Gasteiger partial charge < -0.3 is 18.5 Å². The molecule has 0 spiro atoms. The second kappa shape index (κ2) is 11.4. The number of benzene rings is 2. The molecule has 0 bridgehead atoms. The Bertz CT molecular complexity index is 1630. The highest BCUT2D eigenvalue weighted by molar-refractivity contribution is 9.10. The number of nitriles is 1. The molecule has 0 amide bonds. The van der Waals surface area contributed by atoms with Crippen molar-refractivity contribution >= 4 is 39.7 Å². The number of aromatic nitrogens is 1. The first kappa shape index (κ1) is 27.4. The maximum atomic E-state index is 13.5. The quantitative estimate of drug-likeness (QED) is 0.105. The molecular formula is C30H23BrN2O6. The van der Waals surface area contributed by atoms with E-state index in [2.05, 4.69) is 15.9 Å². The molecule has 0 atom stereocenters. The van der Waals surface area contributed by atoms with Crippen LogP contribution >= 0.6 is 15.9 Å². The third-order valence-corrected chi connectivity index (χ3v) is 6.63. The summed E-state index contributed by atoms with van der Waals surface area (Å²) in [4.78, 5) is 38.0. The average Bonchev–Trinajstić information content (AvgIpc) is 3.53. The van der Waals surface area contributed by atoms with Crippen molar-refractivity contribution in [1.29, 1.82) is 5.26 Å². The molecule has 2 heterocycles. The molecule has 0 N–H and O–H groups in total. The molecule has 9 heteroatoms. The number of hydrogen-bond acceptors (Lipinski definition) is 7. The molecule has 4 rings (SSSR count). The minimum atomic E-state index is -0.628. The zero-order chi connectivity index (χ0) is 28.3.